The van der Waals surface area contributed by atoms with Gasteiger partial charge >= 0.3 is 0 Å². The quantitative estimate of drug-likeness (QED) is 0.926. The average molecular weight is 325 g/mol. The Hall–Kier alpha value is -2.70. The van der Waals surface area contributed by atoms with Crippen molar-refractivity contribution in [3.63, 3.8) is 0 Å². The second kappa shape index (κ2) is 6.07. The van der Waals surface area contributed by atoms with Crippen LogP contribution in [0.5, 0.6) is 0 Å². The normalized spacial score (nSPS) is 16.6. The molecule has 2 amide bonds. The molecule has 2 aromatic rings. The fourth-order valence-corrected chi connectivity index (χ4v) is 3.02. The number of nitrogens with one attached hydrogen (secondary N) is 1. The summed E-state index contributed by atoms with van der Waals surface area (Å²) in [6.45, 7) is 0.830. The molecule has 7 heteroatoms. The molecule has 0 atom stereocenters. The van der Waals surface area contributed by atoms with Gasteiger partial charge in [0.1, 0.15) is 6.54 Å². The van der Waals surface area contributed by atoms with Gasteiger partial charge in [0.2, 0.25) is 11.8 Å². The van der Waals surface area contributed by atoms with E-state index in [1.807, 2.05) is 23.1 Å². The molecule has 4 rings (SSSR count). The van der Waals surface area contributed by atoms with Gasteiger partial charge in [-0.15, -0.1) is 5.10 Å². The Labute approximate surface area is 139 Å². The third-order valence-corrected chi connectivity index (χ3v) is 4.45. The zero-order chi connectivity index (χ0) is 16.5. The minimum atomic E-state index is -0.0212. The first-order valence-corrected chi connectivity index (χ1v) is 8.30. The second-order valence-corrected chi connectivity index (χ2v) is 6.34. The van der Waals surface area contributed by atoms with Crippen molar-refractivity contribution in [2.24, 2.45) is 5.92 Å². The molecule has 1 N–H and O–H groups in total. The highest BCUT2D eigenvalue weighted by Gasteiger charge is 2.30. The zero-order valence-corrected chi connectivity index (χ0v) is 13.3. The Morgan fingerprint density at radius 2 is 2.08 bits per heavy atom. The van der Waals surface area contributed by atoms with Gasteiger partial charge in [-0.25, -0.2) is 4.68 Å². The lowest BCUT2D eigenvalue weighted by Gasteiger charge is -2.29. The number of carbonyl (C=O) groups is 2. The third-order valence-electron chi connectivity index (χ3n) is 4.45. The van der Waals surface area contributed by atoms with Crippen molar-refractivity contribution in [2.45, 2.75) is 32.2 Å². The van der Waals surface area contributed by atoms with Crippen LogP contribution >= 0.6 is 0 Å². The van der Waals surface area contributed by atoms with Crippen LogP contribution in [0.15, 0.2) is 30.5 Å². The molecule has 2 aliphatic rings. The van der Waals surface area contributed by atoms with Crippen LogP contribution in [0.25, 0.3) is 0 Å². The maximum atomic E-state index is 12.6. The fraction of sp³-hybridized carbons (Fsp3) is 0.412. The minimum Gasteiger partial charge on any atom is -0.311 e. The van der Waals surface area contributed by atoms with E-state index in [1.54, 1.807) is 6.20 Å². The van der Waals surface area contributed by atoms with E-state index in [-0.39, 0.29) is 24.3 Å². The Balaban J connectivity index is 1.43. The molecule has 1 aliphatic carbocycles. The third kappa shape index (κ3) is 3.02. The van der Waals surface area contributed by atoms with Crippen molar-refractivity contribution in [1.29, 1.82) is 0 Å². The summed E-state index contributed by atoms with van der Waals surface area (Å²) in [7, 11) is 0. The molecule has 1 aromatic carbocycles. The molecule has 0 radical (unpaired) electrons. The van der Waals surface area contributed by atoms with E-state index in [4.69, 9.17) is 0 Å². The molecule has 1 saturated carbocycles. The van der Waals surface area contributed by atoms with Gasteiger partial charge in [0.15, 0.2) is 5.82 Å². The van der Waals surface area contributed by atoms with Crippen LogP contribution in [-0.4, -0.2) is 33.4 Å². The fourth-order valence-electron chi connectivity index (χ4n) is 3.02. The minimum absolute atomic E-state index is 0.0154. The van der Waals surface area contributed by atoms with Crippen LogP contribution in [0.2, 0.25) is 0 Å². The van der Waals surface area contributed by atoms with Crippen LogP contribution in [0.3, 0.4) is 0 Å². The monoisotopic (exact) mass is 325 g/mol. The number of anilines is 2. The zero-order valence-electron chi connectivity index (χ0n) is 13.3. The largest absolute Gasteiger partial charge is 0.311 e. The maximum Gasteiger partial charge on any atom is 0.248 e. The first kappa shape index (κ1) is 14.9. The topological polar surface area (TPSA) is 80.1 Å². The molecule has 24 heavy (non-hydrogen) atoms. The number of aryl methyl sites for hydroxylation is 1. The molecule has 2 heterocycles. The van der Waals surface area contributed by atoms with E-state index in [0.29, 0.717) is 5.82 Å². The first-order chi connectivity index (χ1) is 11.7. The predicted octanol–water partition coefficient (Wildman–Crippen LogP) is 1.61. The number of rotatable bonds is 4. The Kier molecular flexibility index (Phi) is 3.76. The van der Waals surface area contributed by atoms with Crippen LogP contribution in [0.1, 0.15) is 24.8 Å². The second-order valence-electron chi connectivity index (χ2n) is 6.34. The lowest BCUT2D eigenvalue weighted by molar-refractivity contribution is -0.119. The Morgan fingerprint density at radius 3 is 2.92 bits per heavy atom. The number of fused-ring (bicyclic) bond motifs is 1. The molecule has 7 nitrogen and oxygen atoms in total. The number of hydrogen-bond acceptors (Lipinski definition) is 4. The van der Waals surface area contributed by atoms with Gasteiger partial charge in [0, 0.05) is 18.2 Å². The van der Waals surface area contributed by atoms with Crippen molar-refractivity contribution < 1.29 is 9.59 Å². The Bertz CT molecular complexity index is 781. The summed E-state index contributed by atoms with van der Waals surface area (Å²) >= 11 is 0. The number of benzene rings is 1. The van der Waals surface area contributed by atoms with Crippen LogP contribution < -0.4 is 10.2 Å². The van der Waals surface area contributed by atoms with Crippen molar-refractivity contribution in [3.05, 3.63) is 36.0 Å². The summed E-state index contributed by atoms with van der Waals surface area (Å²) in [4.78, 5) is 26.2. The number of nitrogens with zero attached hydrogens (tertiary/aromatic N) is 4. The maximum absolute atomic E-state index is 12.6. The average Bonchev–Trinajstić information content (AvgIpc) is 3.36. The summed E-state index contributed by atoms with van der Waals surface area (Å²) < 4.78 is 1.47. The summed E-state index contributed by atoms with van der Waals surface area (Å²) in [5.74, 6) is 0.478. The van der Waals surface area contributed by atoms with Gasteiger partial charge in [-0.3, -0.25) is 9.59 Å². The van der Waals surface area contributed by atoms with Crippen molar-refractivity contribution in [3.8, 4) is 0 Å². The number of carbonyl (C=O) groups excluding carboxylic acids is 2. The summed E-state index contributed by atoms with van der Waals surface area (Å²) in [6, 6.07) is 8.00. The highest BCUT2D eigenvalue weighted by Crippen LogP contribution is 2.30. The van der Waals surface area contributed by atoms with Crippen LogP contribution in [0, 0.1) is 5.92 Å². The molecule has 124 valence electrons. The van der Waals surface area contributed by atoms with E-state index in [2.05, 4.69) is 21.7 Å². The number of amides is 2. The number of para-hydroxylation sites is 1. The van der Waals surface area contributed by atoms with Crippen molar-refractivity contribution >= 4 is 23.3 Å². The molecule has 1 aliphatic heterocycles. The SMILES string of the molecule is O=C(Nc1cn(CC(=O)N2CCCc3ccccc32)nn1)C1CC1. The highest BCUT2D eigenvalue weighted by atomic mass is 16.2. The molecule has 0 unspecified atom stereocenters. The lowest BCUT2D eigenvalue weighted by atomic mass is 10.0. The van der Waals surface area contributed by atoms with E-state index in [9.17, 15) is 9.59 Å². The van der Waals surface area contributed by atoms with Gasteiger partial charge in [-0.05, 0) is 37.3 Å². The lowest BCUT2D eigenvalue weighted by Crippen LogP contribution is -2.37. The molecule has 0 spiro atoms. The van der Waals surface area contributed by atoms with Gasteiger partial charge in [0.25, 0.3) is 0 Å². The summed E-state index contributed by atoms with van der Waals surface area (Å²) in [5.41, 5.74) is 2.18. The molecule has 0 saturated heterocycles. The van der Waals surface area contributed by atoms with Crippen molar-refractivity contribution in [1.82, 2.24) is 15.0 Å². The summed E-state index contributed by atoms with van der Waals surface area (Å²) in [6.07, 6.45) is 5.44. The van der Waals surface area contributed by atoms with Crippen LogP contribution in [0.4, 0.5) is 11.5 Å². The standard InChI is InChI=1S/C17H19N5O2/c23-16(22-9-3-5-12-4-1-2-6-14(12)22)11-21-10-15(19-20-21)18-17(24)13-7-8-13/h1-2,4,6,10,13H,3,5,7-9,11H2,(H,18,24). The Morgan fingerprint density at radius 1 is 1.25 bits per heavy atom. The molecule has 1 fully saturated rings. The molecular weight excluding hydrogens is 306 g/mol. The smallest absolute Gasteiger partial charge is 0.248 e. The van der Waals surface area contributed by atoms with E-state index < -0.39 is 0 Å². The molecular formula is C17H19N5O2. The molecule has 1 aromatic heterocycles. The highest BCUT2D eigenvalue weighted by molar-refractivity contribution is 5.95. The van der Waals surface area contributed by atoms with Crippen molar-refractivity contribution in [2.75, 3.05) is 16.8 Å². The van der Waals surface area contributed by atoms with Gasteiger partial charge in [-0.1, -0.05) is 23.4 Å². The predicted molar refractivity (Wildman–Crippen MR) is 88.5 cm³/mol. The van der Waals surface area contributed by atoms with E-state index in [0.717, 1.165) is 37.9 Å². The van der Waals surface area contributed by atoms with E-state index >= 15 is 0 Å². The number of aromatic nitrogens is 3. The van der Waals surface area contributed by atoms with Gasteiger partial charge in [0.05, 0.1) is 6.20 Å². The van der Waals surface area contributed by atoms with Gasteiger partial charge < -0.3 is 10.2 Å². The summed E-state index contributed by atoms with van der Waals surface area (Å²) in [5, 5.41) is 10.6. The van der Waals surface area contributed by atoms with Gasteiger partial charge in [-0.2, -0.15) is 0 Å². The molecule has 0 bridgehead atoms. The van der Waals surface area contributed by atoms with E-state index in [1.165, 1.54) is 10.2 Å². The number of hydrogen-bond donors (Lipinski definition) is 1. The first-order valence-electron chi connectivity index (χ1n) is 8.30. The van der Waals surface area contributed by atoms with Crippen LogP contribution in [-0.2, 0) is 22.6 Å².